The third kappa shape index (κ3) is 4.53. The highest BCUT2D eigenvalue weighted by Gasteiger charge is 2.17. The predicted molar refractivity (Wildman–Crippen MR) is 92.0 cm³/mol. The maximum Gasteiger partial charge on any atom is 0.273 e. The summed E-state index contributed by atoms with van der Waals surface area (Å²) in [4.78, 5) is 18.3. The molecule has 6 heteroatoms. The molecule has 0 saturated heterocycles. The van der Waals surface area contributed by atoms with Gasteiger partial charge in [-0.25, -0.2) is 4.98 Å². The van der Waals surface area contributed by atoms with E-state index in [4.69, 9.17) is 9.84 Å². The summed E-state index contributed by atoms with van der Waals surface area (Å²) in [5, 5.41) is 11.6. The predicted octanol–water partition coefficient (Wildman–Crippen LogP) is 3.05. The maximum atomic E-state index is 12.3. The van der Waals surface area contributed by atoms with Gasteiger partial charge in [0.2, 0.25) is 0 Å². The molecule has 0 bridgehead atoms. The van der Waals surface area contributed by atoms with E-state index in [-0.39, 0.29) is 18.6 Å². The largest absolute Gasteiger partial charge is 0.491 e. The number of carbonyl (C=O) groups is 1. The van der Waals surface area contributed by atoms with Gasteiger partial charge in [-0.05, 0) is 45.0 Å². The van der Waals surface area contributed by atoms with Crippen LogP contribution < -0.4 is 4.74 Å². The second-order valence-corrected chi connectivity index (χ2v) is 6.20. The van der Waals surface area contributed by atoms with Gasteiger partial charge in [0.15, 0.2) is 0 Å². The van der Waals surface area contributed by atoms with E-state index in [0.29, 0.717) is 18.8 Å². The molecule has 0 aliphatic carbocycles. The second-order valence-electron chi connectivity index (χ2n) is 5.34. The molecule has 1 amide bonds. The third-order valence-electron chi connectivity index (χ3n) is 3.24. The van der Waals surface area contributed by atoms with Crippen molar-refractivity contribution in [2.24, 2.45) is 0 Å². The molecule has 2 aromatic rings. The van der Waals surface area contributed by atoms with E-state index in [1.54, 1.807) is 10.3 Å². The molecular formula is C17H22N2O3S. The van der Waals surface area contributed by atoms with Crippen molar-refractivity contribution in [3.8, 4) is 16.3 Å². The number of amides is 1. The van der Waals surface area contributed by atoms with Gasteiger partial charge < -0.3 is 14.7 Å². The third-order valence-corrected chi connectivity index (χ3v) is 4.13. The lowest BCUT2D eigenvalue weighted by Crippen LogP contribution is -2.33. The van der Waals surface area contributed by atoms with Crippen LogP contribution in [0.3, 0.4) is 0 Å². The molecule has 0 saturated carbocycles. The maximum absolute atomic E-state index is 12.3. The summed E-state index contributed by atoms with van der Waals surface area (Å²) in [7, 11) is 0. The van der Waals surface area contributed by atoms with E-state index in [1.165, 1.54) is 11.3 Å². The van der Waals surface area contributed by atoms with E-state index >= 15 is 0 Å². The molecule has 0 unspecified atom stereocenters. The van der Waals surface area contributed by atoms with Crippen molar-refractivity contribution in [1.82, 2.24) is 9.88 Å². The first-order chi connectivity index (χ1) is 11.0. The van der Waals surface area contributed by atoms with E-state index in [0.717, 1.165) is 16.3 Å². The summed E-state index contributed by atoms with van der Waals surface area (Å²) in [6, 6.07) is 7.69. The zero-order chi connectivity index (χ0) is 16.8. The van der Waals surface area contributed by atoms with Gasteiger partial charge in [-0.2, -0.15) is 0 Å². The fourth-order valence-electron chi connectivity index (χ4n) is 2.14. The van der Waals surface area contributed by atoms with Crippen molar-refractivity contribution >= 4 is 17.2 Å². The monoisotopic (exact) mass is 334 g/mol. The van der Waals surface area contributed by atoms with Gasteiger partial charge in [-0.1, -0.05) is 0 Å². The standard InChI is InChI=1S/C17H22N2O3S/c1-4-19(9-10-20)17(21)15-11-23-16(18-15)13-5-7-14(8-6-13)22-12(2)3/h5-8,11-12,20H,4,9-10H2,1-3H3. The SMILES string of the molecule is CCN(CCO)C(=O)c1csc(-c2ccc(OC(C)C)cc2)n1. The molecule has 1 N–H and O–H groups in total. The van der Waals surface area contributed by atoms with Crippen LogP contribution in [0.5, 0.6) is 5.75 Å². The Hall–Kier alpha value is -1.92. The van der Waals surface area contributed by atoms with Crippen LogP contribution in [-0.4, -0.2) is 46.7 Å². The molecule has 124 valence electrons. The molecule has 0 aliphatic rings. The van der Waals surface area contributed by atoms with Crippen LogP contribution in [0, 0.1) is 0 Å². The minimum Gasteiger partial charge on any atom is -0.491 e. The number of hydrogen-bond donors (Lipinski definition) is 1. The first-order valence-electron chi connectivity index (χ1n) is 7.68. The van der Waals surface area contributed by atoms with Crippen molar-refractivity contribution in [3.05, 3.63) is 35.3 Å². The number of carbonyl (C=O) groups excluding carboxylic acids is 1. The average molecular weight is 334 g/mol. The smallest absolute Gasteiger partial charge is 0.273 e. The number of aliphatic hydroxyl groups excluding tert-OH is 1. The Morgan fingerprint density at radius 2 is 2.04 bits per heavy atom. The zero-order valence-corrected chi connectivity index (χ0v) is 14.5. The fourth-order valence-corrected chi connectivity index (χ4v) is 2.94. The Labute approximate surface area is 140 Å². The molecule has 1 heterocycles. The molecule has 0 radical (unpaired) electrons. The van der Waals surface area contributed by atoms with Crippen molar-refractivity contribution in [1.29, 1.82) is 0 Å². The molecule has 0 aliphatic heterocycles. The molecule has 0 fully saturated rings. The van der Waals surface area contributed by atoms with Crippen LogP contribution in [0.15, 0.2) is 29.6 Å². The number of benzene rings is 1. The highest BCUT2D eigenvalue weighted by molar-refractivity contribution is 7.13. The molecule has 23 heavy (non-hydrogen) atoms. The van der Waals surface area contributed by atoms with Crippen LogP contribution in [0.4, 0.5) is 0 Å². The number of hydrogen-bond acceptors (Lipinski definition) is 5. The topological polar surface area (TPSA) is 62.7 Å². The van der Waals surface area contributed by atoms with Gasteiger partial charge in [-0.3, -0.25) is 4.79 Å². The lowest BCUT2D eigenvalue weighted by molar-refractivity contribution is 0.0727. The van der Waals surface area contributed by atoms with Crippen LogP contribution >= 0.6 is 11.3 Å². The van der Waals surface area contributed by atoms with Crippen molar-refractivity contribution in [2.45, 2.75) is 26.9 Å². The molecule has 2 rings (SSSR count). The average Bonchev–Trinajstić information content (AvgIpc) is 3.02. The van der Waals surface area contributed by atoms with Gasteiger partial charge in [0.25, 0.3) is 5.91 Å². The number of thiazole rings is 1. The summed E-state index contributed by atoms with van der Waals surface area (Å²) in [5.74, 6) is 0.667. The highest BCUT2D eigenvalue weighted by atomic mass is 32.1. The van der Waals surface area contributed by atoms with Gasteiger partial charge in [0.05, 0.1) is 12.7 Å². The van der Waals surface area contributed by atoms with Gasteiger partial charge in [0, 0.05) is 24.0 Å². The Morgan fingerprint density at radius 3 is 2.61 bits per heavy atom. The zero-order valence-electron chi connectivity index (χ0n) is 13.7. The quantitative estimate of drug-likeness (QED) is 0.845. The van der Waals surface area contributed by atoms with Gasteiger partial charge in [-0.15, -0.1) is 11.3 Å². The van der Waals surface area contributed by atoms with Crippen molar-refractivity contribution in [2.75, 3.05) is 19.7 Å². The highest BCUT2D eigenvalue weighted by Crippen LogP contribution is 2.26. The molecular weight excluding hydrogens is 312 g/mol. The Kier molecular flexibility index (Phi) is 6.12. The molecule has 0 atom stereocenters. The first-order valence-corrected chi connectivity index (χ1v) is 8.55. The minimum atomic E-state index is -0.149. The van der Waals surface area contributed by atoms with E-state index in [1.807, 2.05) is 45.0 Å². The Balaban J connectivity index is 2.13. The number of ether oxygens (including phenoxy) is 1. The number of aliphatic hydroxyl groups is 1. The van der Waals surface area contributed by atoms with Crippen molar-refractivity contribution in [3.63, 3.8) is 0 Å². The van der Waals surface area contributed by atoms with Crippen LogP contribution in [0.25, 0.3) is 10.6 Å². The number of nitrogens with zero attached hydrogens (tertiary/aromatic N) is 2. The summed E-state index contributed by atoms with van der Waals surface area (Å²) >= 11 is 1.43. The molecule has 1 aromatic heterocycles. The summed E-state index contributed by atoms with van der Waals surface area (Å²) in [6.45, 7) is 6.68. The lowest BCUT2D eigenvalue weighted by Gasteiger charge is -2.18. The molecule has 0 spiro atoms. The van der Waals surface area contributed by atoms with Crippen LogP contribution in [-0.2, 0) is 0 Å². The van der Waals surface area contributed by atoms with Crippen molar-refractivity contribution < 1.29 is 14.6 Å². The van der Waals surface area contributed by atoms with E-state index < -0.39 is 0 Å². The van der Waals surface area contributed by atoms with E-state index in [2.05, 4.69) is 4.98 Å². The van der Waals surface area contributed by atoms with E-state index in [9.17, 15) is 4.79 Å². The second kappa shape index (κ2) is 8.08. The van der Waals surface area contributed by atoms with Crippen LogP contribution in [0.1, 0.15) is 31.3 Å². The Bertz CT molecular complexity index is 638. The van der Waals surface area contributed by atoms with Gasteiger partial charge >= 0.3 is 0 Å². The number of likely N-dealkylation sites (N-methyl/N-ethyl adjacent to an activating group) is 1. The normalized spacial score (nSPS) is 10.8. The summed E-state index contributed by atoms with van der Waals surface area (Å²) in [6.07, 6.45) is 0.136. The first kappa shape index (κ1) is 17.4. The van der Waals surface area contributed by atoms with Crippen LogP contribution in [0.2, 0.25) is 0 Å². The van der Waals surface area contributed by atoms with Gasteiger partial charge in [0.1, 0.15) is 16.5 Å². The molecule has 5 nitrogen and oxygen atoms in total. The molecule has 1 aromatic carbocycles. The summed E-state index contributed by atoms with van der Waals surface area (Å²) in [5.41, 5.74) is 1.37. The lowest BCUT2D eigenvalue weighted by atomic mass is 10.2. The summed E-state index contributed by atoms with van der Waals surface area (Å²) < 4.78 is 5.62. The number of rotatable bonds is 7. The fraction of sp³-hybridized carbons (Fsp3) is 0.412. The minimum absolute atomic E-state index is 0.0477. The Morgan fingerprint density at radius 1 is 1.35 bits per heavy atom. The number of aromatic nitrogens is 1.